The molecule has 1 saturated carbocycles. The summed E-state index contributed by atoms with van der Waals surface area (Å²) in [5, 5.41) is 9.07. The first-order chi connectivity index (χ1) is 12.7. The van der Waals surface area contributed by atoms with Gasteiger partial charge in [0.25, 0.3) is 0 Å². The Morgan fingerprint density at radius 1 is 1.35 bits per heavy atom. The molecule has 3 heterocycles. The van der Waals surface area contributed by atoms with Crippen LogP contribution in [0.3, 0.4) is 0 Å². The molecule has 0 bridgehead atoms. The summed E-state index contributed by atoms with van der Waals surface area (Å²) in [6.07, 6.45) is 6.36. The number of pyridine rings is 1. The average Bonchev–Trinajstić information content (AvgIpc) is 3.18. The van der Waals surface area contributed by atoms with Crippen molar-refractivity contribution >= 4 is 5.65 Å². The molecule has 6 nitrogen and oxygen atoms in total. The second kappa shape index (κ2) is 7.27. The summed E-state index contributed by atoms with van der Waals surface area (Å²) in [5.41, 5.74) is 3.29. The van der Waals surface area contributed by atoms with E-state index in [-0.39, 0.29) is 18.3 Å². The molecule has 0 amide bonds. The van der Waals surface area contributed by atoms with Crippen LogP contribution in [-0.2, 0) is 16.0 Å². The first-order valence-corrected chi connectivity index (χ1v) is 9.61. The van der Waals surface area contributed by atoms with Crippen LogP contribution in [0.4, 0.5) is 0 Å². The number of aliphatic hydroxyl groups excluding tert-OH is 1. The Balaban J connectivity index is 1.57. The number of hydrogen-bond donors (Lipinski definition) is 1. The molecule has 2 aliphatic rings. The molecule has 0 spiro atoms. The van der Waals surface area contributed by atoms with E-state index >= 15 is 0 Å². The number of fused-ring (bicyclic) bond motifs is 2. The van der Waals surface area contributed by atoms with Gasteiger partial charge in [-0.25, -0.2) is 4.98 Å². The van der Waals surface area contributed by atoms with E-state index in [9.17, 15) is 0 Å². The van der Waals surface area contributed by atoms with Gasteiger partial charge in [0.1, 0.15) is 5.65 Å². The van der Waals surface area contributed by atoms with Gasteiger partial charge >= 0.3 is 0 Å². The zero-order valence-corrected chi connectivity index (χ0v) is 15.7. The maximum atomic E-state index is 9.07. The summed E-state index contributed by atoms with van der Waals surface area (Å²) in [7, 11) is 1.85. The number of likely N-dealkylation sites (tertiary alicyclic amines) is 1. The Morgan fingerprint density at radius 2 is 2.23 bits per heavy atom. The van der Waals surface area contributed by atoms with E-state index in [0.717, 1.165) is 50.1 Å². The standard InChI is InChI=1S/C20H29N3O3/c1-15-17(23-9-4-3-5-19(23)21-15)14-22-10-8-20(25-2)7-6-16(13-18(20)22)26-12-11-24/h3-5,9,16,18,24H,6-8,10-14H2,1-2H3/t16-,18-,20+/m0/s1. The molecule has 1 saturated heterocycles. The molecule has 1 N–H and O–H groups in total. The molecule has 6 heteroatoms. The van der Waals surface area contributed by atoms with Crippen LogP contribution < -0.4 is 0 Å². The Bertz CT molecular complexity index is 762. The van der Waals surface area contributed by atoms with Gasteiger partial charge in [-0.2, -0.15) is 0 Å². The summed E-state index contributed by atoms with van der Waals surface area (Å²) >= 11 is 0. The van der Waals surface area contributed by atoms with Gasteiger partial charge in [0.05, 0.1) is 36.3 Å². The van der Waals surface area contributed by atoms with Crippen LogP contribution in [0, 0.1) is 6.92 Å². The van der Waals surface area contributed by atoms with E-state index in [1.165, 1.54) is 5.69 Å². The molecular formula is C20H29N3O3. The molecule has 0 aromatic carbocycles. The second-order valence-electron chi connectivity index (χ2n) is 7.57. The zero-order chi connectivity index (χ0) is 18.1. The fourth-order valence-corrected chi connectivity index (χ4v) is 4.86. The van der Waals surface area contributed by atoms with Crippen molar-refractivity contribution in [3.05, 3.63) is 35.8 Å². The fourth-order valence-electron chi connectivity index (χ4n) is 4.86. The molecule has 3 atom stereocenters. The molecule has 26 heavy (non-hydrogen) atoms. The summed E-state index contributed by atoms with van der Waals surface area (Å²) < 4.78 is 14.1. The molecule has 2 aromatic rings. The predicted molar refractivity (Wildman–Crippen MR) is 99.2 cm³/mol. The molecule has 1 aliphatic carbocycles. The molecule has 0 radical (unpaired) electrons. The zero-order valence-electron chi connectivity index (χ0n) is 15.7. The normalized spacial score (nSPS) is 29.3. The topological polar surface area (TPSA) is 59.2 Å². The third-order valence-corrected chi connectivity index (χ3v) is 6.28. The van der Waals surface area contributed by atoms with Gasteiger partial charge in [0, 0.05) is 32.4 Å². The van der Waals surface area contributed by atoms with Gasteiger partial charge in [-0.05, 0) is 44.7 Å². The van der Waals surface area contributed by atoms with E-state index in [0.29, 0.717) is 12.6 Å². The highest BCUT2D eigenvalue weighted by molar-refractivity contribution is 5.42. The third-order valence-electron chi connectivity index (χ3n) is 6.28. The number of hydrogen-bond acceptors (Lipinski definition) is 5. The lowest BCUT2D eigenvalue weighted by atomic mass is 9.79. The van der Waals surface area contributed by atoms with E-state index in [4.69, 9.17) is 19.6 Å². The Labute approximate surface area is 154 Å². The Hall–Kier alpha value is -1.47. The van der Waals surface area contributed by atoms with Crippen molar-refractivity contribution in [1.82, 2.24) is 14.3 Å². The minimum atomic E-state index is -0.0620. The van der Waals surface area contributed by atoms with E-state index in [1.54, 1.807) is 0 Å². The maximum Gasteiger partial charge on any atom is 0.137 e. The number of imidazole rings is 1. The molecule has 2 aromatic heterocycles. The van der Waals surface area contributed by atoms with Gasteiger partial charge in [0.15, 0.2) is 0 Å². The largest absolute Gasteiger partial charge is 0.394 e. The number of aliphatic hydroxyl groups is 1. The van der Waals surface area contributed by atoms with Crippen molar-refractivity contribution in [2.75, 3.05) is 26.9 Å². The molecule has 1 aliphatic heterocycles. The van der Waals surface area contributed by atoms with Crippen LogP contribution in [0.2, 0.25) is 0 Å². The monoisotopic (exact) mass is 359 g/mol. The lowest BCUT2D eigenvalue weighted by Crippen LogP contribution is -2.51. The molecule has 2 fully saturated rings. The van der Waals surface area contributed by atoms with Gasteiger partial charge in [-0.1, -0.05) is 6.07 Å². The first-order valence-electron chi connectivity index (χ1n) is 9.61. The number of aromatic nitrogens is 2. The third kappa shape index (κ3) is 3.05. The first kappa shape index (κ1) is 17.9. The van der Waals surface area contributed by atoms with Crippen molar-refractivity contribution in [2.24, 2.45) is 0 Å². The summed E-state index contributed by atoms with van der Waals surface area (Å²) in [6.45, 7) is 4.51. The van der Waals surface area contributed by atoms with Crippen LogP contribution >= 0.6 is 0 Å². The highest BCUT2D eigenvalue weighted by Gasteiger charge is 2.51. The van der Waals surface area contributed by atoms with E-state index in [1.807, 2.05) is 13.2 Å². The smallest absolute Gasteiger partial charge is 0.137 e. The second-order valence-corrected chi connectivity index (χ2v) is 7.57. The summed E-state index contributed by atoms with van der Waals surface area (Å²) in [4.78, 5) is 7.25. The van der Waals surface area contributed by atoms with Gasteiger partial charge in [0.2, 0.25) is 0 Å². The lowest BCUT2D eigenvalue weighted by Gasteiger charge is -2.43. The maximum absolute atomic E-state index is 9.07. The van der Waals surface area contributed by atoms with Crippen LogP contribution in [0.15, 0.2) is 24.4 Å². The highest BCUT2D eigenvalue weighted by atomic mass is 16.5. The van der Waals surface area contributed by atoms with Crippen LogP contribution in [0.5, 0.6) is 0 Å². The predicted octanol–water partition coefficient (Wildman–Crippen LogP) is 2.16. The summed E-state index contributed by atoms with van der Waals surface area (Å²) in [5.74, 6) is 0. The number of rotatable bonds is 6. The van der Waals surface area contributed by atoms with Crippen LogP contribution in [0.1, 0.15) is 37.1 Å². The van der Waals surface area contributed by atoms with E-state index < -0.39 is 0 Å². The quantitative estimate of drug-likeness (QED) is 0.857. The minimum Gasteiger partial charge on any atom is -0.394 e. The van der Waals surface area contributed by atoms with Gasteiger partial charge in [-0.15, -0.1) is 0 Å². The van der Waals surface area contributed by atoms with E-state index in [2.05, 4.69) is 34.6 Å². The van der Waals surface area contributed by atoms with Crippen molar-refractivity contribution in [3.8, 4) is 0 Å². The molecule has 0 unspecified atom stereocenters. The number of nitrogens with zero attached hydrogens (tertiary/aromatic N) is 3. The van der Waals surface area contributed by atoms with Crippen LogP contribution in [-0.4, -0.2) is 64.0 Å². The van der Waals surface area contributed by atoms with Crippen molar-refractivity contribution in [1.29, 1.82) is 0 Å². The Kier molecular flexibility index (Phi) is 5.01. The Morgan fingerprint density at radius 3 is 3.04 bits per heavy atom. The summed E-state index contributed by atoms with van der Waals surface area (Å²) in [6, 6.07) is 6.49. The molecular weight excluding hydrogens is 330 g/mol. The number of methoxy groups -OCH3 is 1. The minimum absolute atomic E-state index is 0.0620. The highest BCUT2D eigenvalue weighted by Crippen LogP contribution is 2.43. The van der Waals surface area contributed by atoms with Crippen molar-refractivity contribution in [2.45, 2.75) is 56.9 Å². The SMILES string of the molecule is CO[C@@]12CC[C@H](OCCO)C[C@@H]1N(Cc1c(C)nc3ccccn13)CC2. The lowest BCUT2D eigenvalue weighted by molar-refractivity contribution is -0.104. The fraction of sp³-hybridized carbons (Fsp3) is 0.650. The average molecular weight is 359 g/mol. The number of ether oxygens (including phenoxy) is 2. The van der Waals surface area contributed by atoms with Gasteiger partial charge < -0.3 is 19.0 Å². The van der Waals surface area contributed by atoms with Crippen molar-refractivity contribution < 1.29 is 14.6 Å². The molecule has 142 valence electrons. The van der Waals surface area contributed by atoms with Crippen LogP contribution in [0.25, 0.3) is 5.65 Å². The number of aryl methyl sites for hydroxylation is 1. The molecule has 4 rings (SSSR count). The van der Waals surface area contributed by atoms with Gasteiger partial charge in [-0.3, -0.25) is 4.90 Å². The van der Waals surface area contributed by atoms with Crippen molar-refractivity contribution in [3.63, 3.8) is 0 Å².